The number of benzene rings is 11. The normalized spacial score (nSPS) is 12.1. The first-order valence-electron chi connectivity index (χ1n) is 22.2. The summed E-state index contributed by atoms with van der Waals surface area (Å²) in [5, 5.41) is 10.1. The van der Waals surface area contributed by atoms with Gasteiger partial charge in [0.1, 0.15) is 0 Å². The zero-order valence-corrected chi connectivity index (χ0v) is 34.8. The minimum Gasteiger partial charge on any atom is -0.309 e. The molecular weight excluding hydrogens is 773 g/mol. The first-order chi connectivity index (χ1) is 31.7. The van der Waals surface area contributed by atoms with Gasteiger partial charge in [-0.1, -0.05) is 170 Å². The van der Waals surface area contributed by atoms with Crippen molar-refractivity contribution in [3.05, 3.63) is 231 Å². The molecule has 0 saturated carbocycles. The summed E-state index contributed by atoms with van der Waals surface area (Å²) in [6, 6.07) is 85.3. The van der Waals surface area contributed by atoms with Gasteiger partial charge in [0.25, 0.3) is 0 Å². The first-order valence-corrected chi connectivity index (χ1v) is 22.2. The minimum atomic E-state index is 1.15. The molecule has 0 atom stereocenters. The zero-order chi connectivity index (χ0) is 41.9. The summed E-state index contributed by atoms with van der Waals surface area (Å²) < 4.78 is 4.91. The van der Waals surface area contributed by atoms with Gasteiger partial charge in [0.2, 0.25) is 0 Å². The lowest BCUT2D eigenvalue weighted by Gasteiger charge is -2.13. The van der Waals surface area contributed by atoms with Crippen LogP contribution in [0.15, 0.2) is 231 Å². The van der Waals surface area contributed by atoms with Gasteiger partial charge in [-0.25, -0.2) is 0 Å². The number of para-hydroxylation sites is 1. The Labute approximate surface area is 370 Å². The molecule has 0 spiro atoms. The monoisotopic (exact) mass is 810 g/mol. The maximum Gasteiger partial charge on any atom is 0.0619 e. The number of aromatic nitrogens is 2. The standard InChI is InChI=1S/C62H38N2/c1-2-12-39(13-3-1)42-17-8-19-47(34-42)63-58-25-7-6-22-51(58)56-37-45(28-32-59(56)63)46-29-33-60-57(38-46)54-31-26-40-14-4-5-21-49(40)62(54)64(60)48-20-9-18-43(35-48)44-27-30-50-52-23-10-15-41-16-11-24-53(61(41)52)55(50)36-44/h1-38H. The number of nitrogens with zero attached hydrogens (tertiary/aromatic N) is 2. The van der Waals surface area contributed by atoms with Gasteiger partial charge in [-0.3, -0.25) is 0 Å². The van der Waals surface area contributed by atoms with E-state index >= 15 is 0 Å². The maximum atomic E-state index is 2.49. The van der Waals surface area contributed by atoms with Gasteiger partial charge in [-0.05, 0) is 132 Å². The summed E-state index contributed by atoms with van der Waals surface area (Å²) in [7, 11) is 0. The van der Waals surface area contributed by atoms with Crippen LogP contribution in [0.5, 0.6) is 0 Å². The Hall–Kier alpha value is -8.46. The predicted molar refractivity (Wildman–Crippen MR) is 271 cm³/mol. The molecule has 14 rings (SSSR count). The topological polar surface area (TPSA) is 9.86 Å². The Morgan fingerprint density at radius 2 is 0.766 bits per heavy atom. The average molecular weight is 811 g/mol. The number of hydrogen-bond acceptors (Lipinski definition) is 0. The van der Waals surface area contributed by atoms with E-state index in [0.29, 0.717) is 0 Å². The van der Waals surface area contributed by atoms with Crippen LogP contribution in [0.4, 0.5) is 0 Å². The Morgan fingerprint density at radius 3 is 1.55 bits per heavy atom. The second-order valence-electron chi connectivity index (χ2n) is 17.3. The van der Waals surface area contributed by atoms with Crippen LogP contribution in [0.2, 0.25) is 0 Å². The van der Waals surface area contributed by atoms with Gasteiger partial charge in [0, 0.05) is 38.3 Å². The molecule has 1 aliphatic rings. The van der Waals surface area contributed by atoms with E-state index in [-0.39, 0.29) is 0 Å². The maximum absolute atomic E-state index is 2.49. The highest BCUT2D eigenvalue weighted by Crippen LogP contribution is 2.49. The van der Waals surface area contributed by atoms with E-state index in [0.717, 1.165) is 11.4 Å². The molecule has 0 amide bonds. The Morgan fingerprint density at radius 1 is 0.234 bits per heavy atom. The molecule has 0 unspecified atom stereocenters. The van der Waals surface area contributed by atoms with Crippen LogP contribution in [0.1, 0.15) is 0 Å². The van der Waals surface area contributed by atoms with E-state index < -0.39 is 0 Å². The molecule has 0 aliphatic heterocycles. The predicted octanol–water partition coefficient (Wildman–Crippen LogP) is 16.8. The van der Waals surface area contributed by atoms with E-state index in [1.54, 1.807) is 0 Å². The lowest BCUT2D eigenvalue weighted by molar-refractivity contribution is 1.18. The highest BCUT2D eigenvalue weighted by molar-refractivity contribution is 6.20. The summed E-state index contributed by atoms with van der Waals surface area (Å²) in [5.74, 6) is 0. The van der Waals surface area contributed by atoms with Crippen LogP contribution in [0.3, 0.4) is 0 Å². The second kappa shape index (κ2) is 13.5. The van der Waals surface area contributed by atoms with Crippen molar-refractivity contribution in [2.45, 2.75) is 0 Å². The van der Waals surface area contributed by atoms with Crippen molar-refractivity contribution in [3.63, 3.8) is 0 Å². The molecule has 11 aromatic carbocycles. The molecule has 2 aromatic heterocycles. The van der Waals surface area contributed by atoms with E-state index in [2.05, 4.69) is 240 Å². The van der Waals surface area contributed by atoms with Gasteiger partial charge in [0.05, 0.1) is 22.1 Å². The van der Waals surface area contributed by atoms with Crippen molar-refractivity contribution >= 4 is 65.2 Å². The molecule has 0 fully saturated rings. The summed E-state index contributed by atoms with van der Waals surface area (Å²) in [6.07, 6.45) is 0. The summed E-state index contributed by atoms with van der Waals surface area (Å²) in [5.41, 5.74) is 19.7. The molecule has 1 aliphatic carbocycles. The van der Waals surface area contributed by atoms with Gasteiger partial charge < -0.3 is 9.13 Å². The van der Waals surface area contributed by atoms with Gasteiger partial charge in [0.15, 0.2) is 0 Å². The molecule has 296 valence electrons. The third-order valence-corrected chi connectivity index (χ3v) is 13.8. The van der Waals surface area contributed by atoms with E-state index in [1.807, 2.05) is 0 Å². The van der Waals surface area contributed by atoms with Crippen molar-refractivity contribution in [2.24, 2.45) is 0 Å². The van der Waals surface area contributed by atoms with Crippen molar-refractivity contribution < 1.29 is 0 Å². The highest BCUT2D eigenvalue weighted by atomic mass is 15.0. The van der Waals surface area contributed by atoms with Crippen LogP contribution in [-0.2, 0) is 0 Å². The molecule has 0 N–H and O–H groups in total. The minimum absolute atomic E-state index is 1.15. The fourth-order valence-corrected chi connectivity index (χ4v) is 10.9. The fourth-order valence-electron chi connectivity index (χ4n) is 10.9. The zero-order valence-electron chi connectivity index (χ0n) is 34.8. The largest absolute Gasteiger partial charge is 0.309 e. The highest BCUT2D eigenvalue weighted by Gasteiger charge is 2.22. The molecule has 13 aromatic rings. The van der Waals surface area contributed by atoms with E-state index in [1.165, 1.54) is 121 Å². The summed E-state index contributed by atoms with van der Waals surface area (Å²) >= 11 is 0. The van der Waals surface area contributed by atoms with Crippen molar-refractivity contribution in [2.75, 3.05) is 0 Å². The molecule has 2 heterocycles. The van der Waals surface area contributed by atoms with Crippen LogP contribution < -0.4 is 0 Å². The second-order valence-corrected chi connectivity index (χ2v) is 17.3. The molecule has 0 saturated heterocycles. The quantitative estimate of drug-likeness (QED) is 0.164. The molecule has 2 heteroatoms. The van der Waals surface area contributed by atoms with E-state index in [9.17, 15) is 0 Å². The summed E-state index contributed by atoms with van der Waals surface area (Å²) in [4.78, 5) is 0. The number of hydrogen-bond donors (Lipinski definition) is 0. The molecular formula is C62H38N2. The Balaban J connectivity index is 0.919. The Bertz CT molecular complexity index is 4060. The van der Waals surface area contributed by atoms with Gasteiger partial charge in [-0.2, -0.15) is 0 Å². The number of rotatable bonds is 5. The number of fused-ring (bicyclic) bond motifs is 11. The fraction of sp³-hybridized carbons (Fsp3) is 0. The third kappa shape index (κ3) is 5.14. The van der Waals surface area contributed by atoms with Gasteiger partial charge in [-0.15, -0.1) is 0 Å². The lowest BCUT2D eigenvalue weighted by atomic mass is 9.97. The van der Waals surface area contributed by atoms with Crippen LogP contribution in [0, 0.1) is 0 Å². The average Bonchev–Trinajstić information content (AvgIpc) is 4.00. The molecule has 0 radical (unpaired) electrons. The lowest BCUT2D eigenvalue weighted by Crippen LogP contribution is -1.95. The van der Waals surface area contributed by atoms with Gasteiger partial charge >= 0.3 is 0 Å². The Kier molecular flexibility index (Phi) is 7.43. The first kappa shape index (κ1) is 35.2. The van der Waals surface area contributed by atoms with E-state index in [4.69, 9.17) is 0 Å². The molecule has 2 nitrogen and oxygen atoms in total. The van der Waals surface area contributed by atoms with Crippen molar-refractivity contribution in [3.8, 4) is 67.0 Å². The molecule has 64 heavy (non-hydrogen) atoms. The van der Waals surface area contributed by atoms with Crippen LogP contribution in [-0.4, -0.2) is 9.13 Å². The van der Waals surface area contributed by atoms with Crippen LogP contribution in [0.25, 0.3) is 132 Å². The van der Waals surface area contributed by atoms with Crippen LogP contribution >= 0.6 is 0 Å². The SMILES string of the molecule is c1ccc(-c2cccc(-n3c4ccccc4c4cc(-c5ccc6c(c5)c5ccc7ccccc7c5n6-c5cccc(-c6ccc7c(c6)-c6cccc8cccc-7c68)c5)ccc43)c2)cc1. The smallest absolute Gasteiger partial charge is 0.0619 e. The third-order valence-electron chi connectivity index (χ3n) is 13.8. The van der Waals surface area contributed by atoms with Crippen molar-refractivity contribution in [1.82, 2.24) is 9.13 Å². The molecule has 0 bridgehead atoms. The van der Waals surface area contributed by atoms with Crippen molar-refractivity contribution in [1.29, 1.82) is 0 Å². The summed E-state index contributed by atoms with van der Waals surface area (Å²) in [6.45, 7) is 0.